The number of aliphatic carboxylic acids is 1. The molecule has 0 aromatic heterocycles. The molecular formula is C18H28N2O3. The zero-order chi connectivity index (χ0) is 17.2. The standard InChI is InChI=1S/C18H28N2O3/c1-13(2)11-14-6-8-15(9-7-14)12-17(21)20-10-4-3-5-16(19)18(22)23/h6-9,13,16H,3-5,10-12,19H2,1-2H3,(H,20,21)(H,22,23)/t16-/m0/s1. The minimum Gasteiger partial charge on any atom is -0.480 e. The summed E-state index contributed by atoms with van der Waals surface area (Å²) in [6.07, 6.45) is 3.28. The highest BCUT2D eigenvalue weighted by Crippen LogP contribution is 2.10. The van der Waals surface area contributed by atoms with Crippen molar-refractivity contribution in [1.29, 1.82) is 0 Å². The molecule has 0 aliphatic heterocycles. The average Bonchev–Trinajstić information content (AvgIpc) is 2.48. The Balaban J connectivity index is 2.22. The van der Waals surface area contributed by atoms with Crippen LogP contribution in [0.25, 0.3) is 0 Å². The van der Waals surface area contributed by atoms with Crippen molar-refractivity contribution in [1.82, 2.24) is 5.32 Å². The van der Waals surface area contributed by atoms with E-state index in [1.165, 1.54) is 5.56 Å². The molecule has 1 rings (SSSR count). The predicted octanol–water partition coefficient (Wildman–Crippen LogP) is 2.13. The van der Waals surface area contributed by atoms with E-state index < -0.39 is 12.0 Å². The molecule has 0 saturated heterocycles. The topological polar surface area (TPSA) is 92.4 Å². The summed E-state index contributed by atoms with van der Waals surface area (Å²) in [5.74, 6) is -0.363. The van der Waals surface area contributed by atoms with E-state index in [4.69, 9.17) is 10.8 Å². The van der Waals surface area contributed by atoms with Crippen LogP contribution in [0.2, 0.25) is 0 Å². The van der Waals surface area contributed by atoms with Gasteiger partial charge in [-0.05, 0) is 42.7 Å². The van der Waals surface area contributed by atoms with Crippen LogP contribution in [0.4, 0.5) is 0 Å². The number of hydrogen-bond acceptors (Lipinski definition) is 3. The van der Waals surface area contributed by atoms with Gasteiger partial charge in [0.05, 0.1) is 6.42 Å². The van der Waals surface area contributed by atoms with Crippen molar-refractivity contribution in [3.8, 4) is 0 Å². The van der Waals surface area contributed by atoms with Crippen molar-refractivity contribution in [3.63, 3.8) is 0 Å². The summed E-state index contributed by atoms with van der Waals surface area (Å²) in [5.41, 5.74) is 7.71. The Morgan fingerprint density at radius 2 is 1.74 bits per heavy atom. The molecule has 5 heteroatoms. The molecule has 0 spiro atoms. The van der Waals surface area contributed by atoms with E-state index in [2.05, 4.69) is 31.3 Å². The Kier molecular flexibility index (Phi) is 8.33. The number of carbonyl (C=O) groups is 2. The van der Waals surface area contributed by atoms with E-state index in [1.807, 2.05) is 12.1 Å². The molecule has 0 aliphatic carbocycles. The molecule has 128 valence electrons. The SMILES string of the molecule is CC(C)Cc1ccc(CC(=O)NCCCC[C@H](N)C(=O)O)cc1. The maximum atomic E-state index is 11.9. The van der Waals surface area contributed by atoms with E-state index in [-0.39, 0.29) is 5.91 Å². The molecule has 0 saturated carbocycles. The number of carboxylic acids is 1. The van der Waals surface area contributed by atoms with Crippen molar-refractivity contribution in [3.05, 3.63) is 35.4 Å². The zero-order valence-electron chi connectivity index (χ0n) is 14.0. The maximum Gasteiger partial charge on any atom is 0.320 e. The largest absolute Gasteiger partial charge is 0.480 e. The molecule has 1 aromatic carbocycles. The third kappa shape index (κ3) is 8.35. The Labute approximate surface area is 138 Å². The van der Waals surface area contributed by atoms with Gasteiger partial charge in [-0.2, -0.15) is 0 Å². The molecule has 23 heavy (non-hydrogen) atoms. The zero-order valence-corrected chi connectivity index (χ0v) is 14.0. The summed E-state index contributed by atoms with van der Waals surface area (Å²) < 4.78 is 0. The molecule has 0 aliphatic rings. The minimum absolute atomic E-state index is 0.0101. The number of rotatable bonds is 10. The number of benzene rings is 1. The molecule has 1 amide bonds. The second-order valence-electron chi connectivity index (χ2n) is 6.38. The number of carbonyl (C=O) groups excluding carboxylic acids is 1. The molecule has 5 nitrogen and oxygen atoms in total. The Hall–Kier alpha value is -1.88. The fourth-order valence-electron chi connectivity index (χ4n) is 2.35. The number of unbranched alkanes of at least 4 members (excludes halogenated alkanes) is 1. The lowest BCUT2D eigenvalue weighted by Gasteiger charge is -2.08. The Morgan fingerprint density at radius 1 is 1.13 bits per heavy atom. The smallest absolute Gasteiger partial charge is 0.320 e. The van der Waals surface area contributed by atoms with Crippen molar-refractivity contribution in [2.75, 3.05) is 6.54 Å². The summed E-state index contributed by atoms with van der Waals surface area (Å²) in [6, 6.07) is 7.35. The monoisotopic (exact) mass is 320 g/mol. The van der Waals surface area contributed by atoms with E-state index in [9.17, 15) is 9.59 Å². The summed E-state index contributed by atoms with van der Waals surface area (Å²) in [5, 5.41) is 11.5. The molecule has 0 fully saturated rings. The van der Waals surface area contributed by atoms with E-state index in [1.54, 1.807) is 0 Å². The minimum atomic E-state index is -0.977. The molecule has 0 heterocycles. The number of hydrogen-bond donors (Lipinski definition) is 3. The second kappa shape index (κ2) is 10.0. The molecule has 4 N–H and O–H groups in total. The van der Waals surface area contributed by atoms with Crippen LogP contribution < -0.4 is 11.1 Å². The lowest BCUT2D eigenvalue weighted by Crippen LogP contribution is -2.30. The first-order valence-electron chi connectivity index (χ1n) is 8.21. The van der Waals surface area contributed by atoms with Gasteiger partial charge in [-0.1, -0.05) is 38.1 Å². The Bertz CT molecular complexity index is 497. The fraction of sp³-hybridized carbons (Fsp3) is 0.556. The summed E-state index contributed by atoms with van der Waals surface area (Å²) in [4.78, 5) is 22.4. The van der Waals surface area contributed by atoms with Gasteiger partial charge in [0.25, 0.3) is 0 Å². The summed E-state index contributed by atoms with van der Waals surface area (Å²) >= 11 is 0. The highest BCUT2D eigenvalue weighted by Gasteiger charge is 2.10. The van der Waals surface area contributed by atoms with Gasteiger partial charge >= 0.3 is 5.97 Å². The lowest BCUT2D eigenvalue weighted by molar-refractivity contribution is -0.138. The van der Waals surface area contributed by atoms with Gasteiger partial charge in [0.2, 0.25) is 5.91 Å². The van der Waals surface area contributed by atoms with Crippen LogP contribution in [0.3, 0.4) is 0 Å². The quantitative estimate of drug-likeness (QED) is 0.576. The van der Waals surface area contributed by atoms with Gasteiger partial charge in [0, 0.05) is 6.54 Å². The van der Waals surface area contributed by atoms with Crippen LogP contribution >= 0.6 is 0 Å². The molecule has 0 bridgehead atoms. The third-order valence-corrected chi connectivity index (χ3v) is 3.61. The van der Waals surface area contributed by atoms with Crippen molar-refractivity contribution in [2.45, 2.75) is 52.0 Å². The van der Waals surface area contributed by atoms with Gasteiger partial charge in [-0.3, -0.25) is 9.59 Å². The van der Waals surface area contributed by atoms with Crippen LogP contribution in [-0.4, -0.2) is 29.6 Å². The Morgan fingerprint density at radius 3 is 2.30 bits per heavy atom. The second-order valence-corrected chi connectivity index (χ2v) is 6.38. The first kappa shape index (κ1) is 19.2. The van der Waals surface area contributed by atoms with Crippen molar-refractivity contribution >= 4 is 11.9 Å². The van der Waals surface area contributed by atoms with Gasteiger partial charge in [-0.25, -0.2) is 0 Å². The van der Waals surface area contributed by atoms with Crippen LogP contribution in [0.15, 0.2) is 24.3 Å². The fourth-order valence-corrected chi connectivity index (χ4v) is 2.35. The average molecular weight is 320 g/mol. The van der Waals surface area contributed by atoms with Gasteiger partial charge in [0.1, 0.15) is 6.04 Å². The van der Waals surface area contributed by atoms with Crippen LogP contribution in [-0.2, 0) is 22.4 Å². The summed E-state index contributed by atoms with van der Waals surface area (Å²) in [6.45, 7) is 4.92. The highest BCUT2D eigenvalue weighted by atomic mass is 16.4. The predicted molar refractivity (Wildman–Crippen MR) is 91.2 cm³/mol. The van der Waals surface area contributed by atoms with Gasteiger partial charge in [0.15, 0.2) is 0 Å². The normalized spacial score (nSPS) is 12.2. The first-order valence-corrected chi connectivity index (χ1v) is 8.21. The molecule has 1 atom stereocenters. The van der Waals surface area contributed by atoms with E-state index in [0.29, 0.717) is 31.7 Å². The van der Waals surface area contributed by atoms with Crippen molar-refractivity contribution in [2.24, 2.45) is 11.7 Å². The van der Waals surface area contributed by atoms with E-state index in [0.717, 1.165) is 18.4 Å². The molecule has 0 unspecified atom stereocenters. The number of nitrogens with two attached hydrogens (primary N) is 1. The van der Waals surface area contributed by atoms with E-state index >= 15 is 0 Å². The lowest BCUT2D eigenvalue weighted by atomic mass is 10.0. The van der Waals surface area contributed by atoms with Crippen LogP contribution in [0, 0.1) is 5.92 Å². The maximum absolute atomic E-state index is 11.9. The van der Waals surface area contributed by atoms with Crippen LogP contribution in [0.5, 0.6) is 0 Å². The molecule has 1 aromatic rings. The molecule has 0 radical (unpaired) electrons. The highest BCUT2D eigenvalue weighted by molar-refractivity contribution is 5.78. The number of carboxylic acid groups (broad SMARTS) is 1. The van der Waals surface area contributed by atoms with Crippen LogP contribution in [0.1, 0.15) is 44.2 Å². The summed E-state index contributed by atoms with van der Waals surface area (Å²) in [7, 11) is 0. The number of amides is 1. The van der Waals surface area contributed by atoms with Crippen molar-refractivity contribution < 1.29 is 14.7 Å². The number of nitrogens with one attached hydrogen (secondary N) is 1. The van der Waals surface area contributed by atoms with Gasteiger partial charge < -0.3 is 16.2 Å². The first-order chi connectivity index (χ1) is 10.9. The van der Waals surface area contributed by atoms with Gasteiger partial charge in [-0.15, -0.1) is 0 Å². The molecular weight excluding hydrogens is 292 g/mol. The third-order valence-electron chi connectivity index (χ3n) is 3.61.